The van der Waals surface area contributed by atoms with Gasteiger partial charge in [0.2, 0.25) is 0 Å². The van der Waals surface area contributed by atoms with Crippen LogP contribution in [0.5, 0.6) is 5.75 Å². The van der Waals surface area contributed by atoms with Gasteiger partial charge >= 0.3 is 0 Å². The minimum atomic E-state index is -0.885. The summed E-state index contributed by atoms with van der Waals surface area (Å²) in [5, 5.41) is 14.5. The van der Waals surface area contributed by atoms with E-state index in [1.165, 1.54) is 0 Å². The second-order valence-corrected chi connectivity index (χ2v) is 15.5. The molecule has 1 saturated heterocycles. The van der Waals surface area contributed by atoms with Crippen molar-refractivity contribution in [2.45, 2.75) is 63.6 Å². The molecular formula is C51H48N6O3. The first kappa shape index (κ1) is 38.8. The number of tetrazole rings is 1. The molecule has 9 nitrogen and oxygen atoms in total. The molecule has 1 fully saturated rings. The standard InChI is InChI=1S/C51H48N6O3/c1-3-4-26-47-52-45-31-32-46(59-2)44(34-41-23-16-33-60-41)48(45)50(58)56(47)35-36-27-29-37(30-28-36)42-24-14-15-25-43(42)49-53-54-55-57(49)51(38-17-8-5-9-18-38,39-19-10-6-11-20-39)40-21-12-7-13-22-40/h5-15,17-22,24-25,27-32,41H,3-4,16,23,26,33-35H2,1-2H3. The lowest BCUT2D eigenvalue weighted by Gasteiger charge is -2.36. The average Bonchev–Trinajstić information content (AvgIpc) is 4.02. The van der Waals surface area contributed by atoms with Gasteiger partial charge in [0.25, 0.3) is 5.56 Å². The van der Waals surface area contributed by atoms with Crippen LogP contribution in [0.2, 0.25) is 0 Å². The lowest BCUT2D eigenvalue weighted by Crippen LogP contribution is -2.39. The number of aromatic nitrogens is 6. The third-order valence-electron chi connectivity index (χ3n) is 11.8. The molecule has 8 aromatic rings. The molecule has 3 heterocycles. The summed E-state index contributed by atoms with van der Waals surface area (Å²) in [5.41, 5.74) is 7.65. The Balaban J connectivity index is 1.12. The summed E-state index contributed by atoms with van der Waals surface area (Å²) >= 11 is 0. The number of fused-ring (bicyclic) bond motifs is 1. The maximum atomic E-state index is 14.7. The van der Waals surface area contributed by atoms with Gasteiger partial charge in [0, 0.05) is 30.6 Å². The van der Waals surface area contributed by atoms with Crippen molar-refractivity contribution >= 4 is 10.9 Å². The summed E-state index contributed by atoms with van der Waals surface area (Å²) in [5.74, 6) is 2.13. The van der Waals surface area contributed by atoms with Crippen LogP contribution in [0.3, 0.4) is 0 Å². The van der Waals surface area contributed by atoms with E-state index in [1.807, 2.05) is 51.7 Å². The van der Waals surface area contributed by atoms with Crippen LogP contribution < -0.4 is 10.3 Å². The Morgan fingerprint density at radius 2 is 1.40 bits per heavy atom. The number of hydrogen-bond donors (Lipinski definition) is 0. The van der Waals surface area contributed by atoms with Crippen molar-refractivity contribution in [3.63, 3.8) is 0 Å². The fraction of sp³-hybridized carbons (Fsp3) is 0.235. The number of benzene rings is 6. The van der Waals surface area contributed by atoms with Crippen molar-refractivity contribution in [3.8, 4) is 28.3 Å². The van der Waals surface area contributed by atoms with Crippen molar-refractivity contribution in [2.24, 2.45) is 0 Å². The molecule has 0 N–H and O–H groups in total. The maximum absolute atomic E-state index is 14.7. The summed E-state index contributed by atoms with van der Waals surface area (Å²) < 4.78 is 15.7. The molecule has 300 valence electrons. The number of nitrogens with zero attached hydrogens (tertiary/aromatic N) is 6. The zero-order valence-corrected chi connectivity index (χ0v) is 34.1. The molecule has 1 aliphatic rings. The topological polar surface area (TPSA) is 97.0 Å². The van der Waals surface area contributed by atoms with E-state index in [-0.39, 0.29) is 11.7 Å². The quantitative estimate of drug-likeness (QED) is 0.101. The molecule has 0 radical (unpaired) electrons. The Labute approximate surface area is 350 Å². The predicted octanol–water partition coefficient (Wildman–Crippen LogP) is 9.68. The molecule has 1 unspecified atom stereocenters. The van der Waals surface area contributed by atoms with Gasteiger partial charge in [-0.2, -0.15) is 0 Å². The van der Waals surface area contributed by atoms with Crippen LogP contribution in [0.4, 0.5) is 0 Å². The van der Waals surface area contributed by atoms with E-state index in [2.05, 4.69) is 121 Å². The lowest BCUT2D eigenvalue weighted by atomic mass is 9.77. The van der Waals surface area contributed by atoms with Gasteiger partial charge in [0.05, 0.1) is 30.7 Å². The van der Waals surface area contributed by atoms with Gasteiger partial charge in [-0.3, -0.25) is 9.36 Å². The smallest absolute Gasteiger partial charge is 0.262 e. The van der Waals surface area contributed by atoms with E-state index in [0.717, 1.165) is 82.6 Å². The van der Waals surface area contributed by atoms with Gasteiger partial charge in [-0.05, 0) is 75.2 Å². The van der Waals surface area contributed by atoms with Gasteiger partial charge in [-0.25, -0.2) is 9.67 Å². The van der Waals surface area contributed by atoms with Gasteiger partial charge in [0.15, 0.2) is 5.82 Å². The van der Waals surface area contributed by atoms with Crippen LogP contribution in [0.1, 0.15) is 66.2 Å². The number of hydrogen-bond acceptors (Lipinski definition) is 7. The minimum absolute atomic E-state index is 0.0435. The molecule has 1 atom stereocenters. The van der Waals surface area contributed by atoms with Crippen LogP contribution in [-0.4, -0.2) is 49.6 Å². The number of unbranched alkanes of at least 4 members (excludes halogenated alkanes) is 1. The molecule has 0 bridgehead atoms. The second-order valence-electron chi connectivity index (χ2n) is 15.5. The molecule has 0 aliphatic carbocycles. The van der Waals surface area contributed by atoms with Crippen LogP contribution >= 0.6 is 0 Å². The largest absolute Gasteiger partial charge is 0.496 e. The highest BCUT2D eigenvalue weighted by Crippen LogP contribution is 2.43. The zero-order chi connectivity index (χ0) is 40.9. The first-order chi connectivity index (χ1) is 29.6. The molecule has 60 heavy (non-hydrogen) atoms. The summed E-state index contributed by atoms with van der Waals surface area (Å²) in [4.78, 5) is 19.8. The van der Waals surface area contributed by atoms with Gasteiger partial charge in [-0.15, -0.1) is 5.10 Å². The fourth-order valence-electron chi connectivity index (χ4n) is 8.90. The normalized spacial score (nSPS) is 14.1. The molecule has 1 aliphatic heterocycles. The molecule has 0 spiro atoms. The second kappa shape index (κ2) is 17.3. The molecule has 0 saturated carbocycles. The van der Waals surface area contributed by atoms with Crippen molar-refractivity contribution < 1.29 is 9.47 Å². The Morgan fingerprint density at radius 3 is 2.00 bits per heavy atom. The van der Waals surface area contributed by atoms with Crippen LogP contribution in [0, 0.1) is 0 Å². The zero-order valence-electron chi connectivity index (χ0n) is 34.1. The van der Waals surface area contributed by atoms with Crippen molar-refractivity contribution in [2.75, 3.05) is 13.7 Å². The monoisotopic (exact) mass is 792 g/mol. The first-order valence-electron chi connectivity index (χ1n) is 20.9. The van der Waals surface area contributed by atoms with Gasteiger partial charge in [-0.1, -0.05) is 153 Å². The molecule has 9 heteroatoms. The summed E-state index contributed by atoms with van der Waals surface area (Å²) in [6.45, 7) is 3.30. The third kappa shape index (κ3) is 7.19. The first-order valence-corrected chi connectivity index (χ1v) is 20.9. The number of ether oxygens (including phenoxy) is 2. The summed E-state index contributed by atoms with van der Waals surface area (Å²) in [6, 6.07) is 51.9. The number of methoxy groups -OCH3 is 1. The van der Waals surface area contributed by atoms with E-state index in [4.69, 9.17) is 24.8 Å². The maximum Gasteiger partial charge on any atom is 0.262 e. The van der Waals surface area contributed by atoms with Gasteiger partial charge < -0.3 is 9.47 Å². The number of aryl methyl sites for hydroxylation is 1. The Bertz CT molecular complexity index is 2660. The van der Waals surface area contributed by atoms with Crippen molar-refractivity contribution in [1.82, 2.24) is 29.8 Å². The van der Waals surface area contributed by atoms with Crippen LogP contribution in [-0.2, 0) is 29.7 Å². The fourth-order valence-corrected chi connectivity index (χ4v) is 8.90. The van der Waals surface area contributed by atoms with E-state index in [1.54, 1.807) is 7.11 Å². The molecule has 9 rings (SSSR count). The highest BCUT2D eigenvalue weighted by Gasteiger charge is 2.42. The number of rotatable bonds is 14. The van der Waals surface area contributed by atoms with Gasteiger partial charge in [0.1, 0.15) is 17.1 Å². The minimum Gasteiger partial charge on any atom is -0.496 e. The Hall–Kier alpha value is -6.71. The van der Waals surface area contributed by atoms with Crippen molar-refractivity contribution in [3.05, 3.63) is 196 Å². The van der Waals surface area contributed by atoms with E-state index < -0.39 is 5.54 Å². The highest BCUT2D eigenvalue weighted by atomic mass is 16.5. The Morgan fingerprint density at radius 1 is 0.767 bits per heavy atom. The van der Waals surface area contributed by atoms with Crippen LogP contribution in [0.25, 0.3) is 33.4 Å². The summed E-state index contributed by atoms with van der Waals surface area (Å²) in [6.07, 6.45) is 5.32. The third-order valence-corrected chi connectivity index (χ3v) is 11.8. The van der Waals surface area contributed by atoms with E-state index in [9.17, 15) is 4.79 Å². The van der Waals surface area contributed by atoms with Crippen LogP contribution in [0.15, 0.2) is 156 Å². The van der Waals surface area contributed by atoms with E-state index >= 15 is 0 Å². The molecule has 0 amide bonds. The van der Waals surface area contributed by atoms with Crippen molar-refractivity contribution in [1.29, 1.82) is 0 Å². The highest BCUT2D eigenvalue weighted by molar-refractivity contribution is 5.84. The predicted molar refractivity (Wildman–Crippen MR) is 236 cm³/mol. The SMILES string of the molecule is CCCCc1nc2ccc(OC)c(CC3CCCO3)c2c(=O)n1Cc1ccc(-c2ccccc2-c2nnnn2C(c2ccccc2)(c2ccccc2)c2ccccc2)cc1. The molecule has 2 aromatic heterocycles. The summed E-state index contributed by atoms with van der Waals surface area (Å²) in [7, 11) is 1.66. The average molecular weight is 793 g/mol. The van der Waals surface area contributed by atoms with E-state index in [0.29, 0.717) is 41.9 Å². The Kier molecular flexibility index (Phi) is 11.2. The molecular weight excluding hydrogens is 745 g/mol. The lowest BCUT2D eigenvalue weighted by molar-refractivity contribution is 0.111. The molecule has 6 aromatic carbocycles.